The lowest BCUT2D eigenvalue weighted by Gasteiger charge is -2.19. The average Bonchev–Trinajstić information content (AvgIpc) is 2.49. The van der Waals surface area contributed by atoms with Crippen LogP contribution in [0.3, 0.4) is 0 Å². The Morgan fingerprint density at radius 1 is 0.783 bits per heavy atom. The summed E-state index contributed by atoms with van der Waals surface area (Å²) in [7, 11) is -0.965. The average molecular weight is 397 g/mol. The summed E-state index contributed by atoms with van der Waals surface area (Å²) in [5, 5.41) is 0. The number of rotatable bonds is 7. The first-order valence-corrected chi connectivity index (χ1v) is 9.16. The van der Waals surface area contributed by atoms with Crippen molar-refractivity contribution in [2.75, 3.05) is 6.16 Å². The summed E-state index contributed by atoms with van der Waals surface area (Å²) < 4.78 is 12.2. The van der Waals surface area contributed by atoms with Crippen molar-refractivity contribution < 1.29 is 9.05 Å². The number of hydrogen-bond donors (Lipinski definition) is 0. The number of halogens is 1. The Hall–Kier alpha value is -1.05. The maximum absolute atomic E-state index is 6.10. The minimum absolute atomic E-state index is 0. The molecule has 23 heavy (non-hydrogen) atoms. The standard InChI is InChI=1S/C19H25O2P.BrH/c1-15(2)13-14-22(20-18-9-5-16(3)6-10-18)21-19-11-7-17(4)8-12-19;/h5-12,15H,13-14H2,1-4H3;1H. The summed E-state index contributed by atoms with van der Waals surface area (Å²) in [4.78, 5) is 0. The summed E-state index contributed by atoms with van der Waals surface area (Å²) in [5.41, 5.74) is 2.47. The Morgan fingerprint density at radius 2 is 1.17 bits per heavy atom. The van der Waals surface area contributed by atoms with Gasteiger partial charge < -0.3 is 9.05 Å². The molecule has 0 amide bonds. The first kappa shape index (κ1) is 20.0. The van der Waals surface area contributed by atoms with Gasteiger partial charge in [0.1, 0.15) is 11.5 Å². The number of hydrogen-bond acceptors (Lipinski definition) is 2. The maximum atomic E-state index is 6.10. The second-order valence-electron chi connectivity index (χ2n) is 6.05. The van der Waals surface area contributed by atoms with Crippen LogP contribution in [-0.2, 0) is 0 Å². The van der Waals surface area contributed by atoms with Gasteiger partial charge in [-0.05, 0) is 50.5 Å². The van der Waals surface area contributed by atoms with Crippen LogP contribution in [0.4, 0.5) is 0 Å². The normalized spacial score (nSPS) is 10.5. The monoisotopic (exact) mass is 396 g/mol. The Bertz CT molecular complexity index is 519. The molecule has 0 fully saturated rings. The predicted octanol–water partition coefficient (Wildman–Crippen LogP) is 6.70. The maximum Gasteiger partial charge on any atom is 0.290 e. The molecule has 2 nitrogen and oxygen atoms in total. The third kappa shape index (κ3) is 7.37. The van der Waals surface area contributed by atoms with Gasteiger partial charge in [-0.2, -0.15) is 0 Å². The molecule has 4 heteroatoms. The van der Waals surface area contributed by atoms with E-state index in [0.717, 1.165) is 24.1 Å². The number of aryl methyl sites for hydroxylation is 2. The topological polar surface area (TPSA) is 18.5 Å². The Kier molecular flexibility index (Phi) is 8.65. The lowest BCUT2D eigenvalue weighted by molar-refractivity contribution is 0.479. The van der Waals surface area contributed by atoms with Crippen LogP contribution in [0.5, 0.6) is 11.5 Å². The molecule has 0 heterocycles. The van der Waals surface area contributed by atoms with E-state index in [9.17, 15) is 0 Å². The fraction of sp³-hybridized carbons (Fsp3) is 0.368. The number of benzene rings is 2. The van der Waals surface area contributed by atoms with E-state index in [0.29, 0.717) is 5.92 Å². The van der Waals surface area contributed by atoms with E-state index in [1.807, 2.05) is 24.3 Å². The van der Waals surface area contributed by atoms with Gasteiger partial charge in [0.15, 0.2) is 0 Å². The van der Waals surface area contributed by atoms with E-state index in [-0.39, 0.29) is 17.0 Å². The van der Waals surface area contributed by atoms with E-state index < -0.39 is 8.38 Å². The van der Waals surface area contributed by atoms with Gasteiger partial charge in [-0.25, -0.2) is 0 Å². The molecule has 2 rings (SSSR count). The molecule has 0 bridgehead atoms. The van der Waals surface area contributed by atoms with Crippen LogP contribution in [-0.4, -0.2) is 6.16 Å². The molecule has 0 atom stereocenters. The van der Waals surface area contributed by atoms with Crippen LogP contribution in [0.15, 0.2) is 48.5 Å². The fourth-order valence-corrected chi connectivity index (χ4v) is 3.57. The van der Waals surface area contributed by atoms with Gasteiger partial charge in [0.05, 0.1) is 0 Å². The Labute approximate surface area is 151 Å². The minimum Gasteiger partial charge on any atom is -0.439 e. The molecule has 0 aliphatic rings. The minimum atomic E-state index is -0.965. The quantitative estimate of drug-likeness (QED) is 0.484. The van der Waals surface area contributed by atoms with Crippen molar-refractivity contribution in [3.63, 3.8) is 0 Å². The van der Waals surface area contributed by atoms with E-state index in [1.54, 1.807) is 0 Å². The summed E-state index contributed by atoms with van der Waals surface area (Å²) >= 11 is 0. The van der Waals surface area contributed by atoms with Gasteiger partial charge in [-0.15, -0.1) is 17.0 Å². The van der Waals surface area contributed by atoms with E-state index in [1.165, 1.54) is 11.1 Å². The molecule has 0 aromatic heterocycles. The predicted molar refractivity (Wildman–Crippen MR) is 105 cm³/mol. The second kappa shape index (κ2) is 9.95. The first-order chi connectivity index (χ1) is 10.5. The SMILES string of the molecule is Br.Cc1ccc(OP(CCC(C)C)Oc2ccc(C)cc2)cc1. The van der Waals surface area contributed by atoms with Gasteiger partial charge in [0.2, 0.25) is 0 Å². The van der Waals surface area contributed by atoms with Crippen LogP contribution in [0.25, 0.3) is 0 Å². The lowest BCUT2D eigenvalue weighted by Crippen LogP contribution is -2.02. The van der Waals surface area contributed by atoms with Gasteiger partial charge in [-0.3, -0.25) is 0 Å². The van der Waals surface area contributed by atoms with E-state index in [2.05, 4.69) is 52.0 Å². The first-order valence-electron chi connectivity index (χ1n) is 7.80. The molecule has 2 aromatic carbocycles. The third-order valence-corrected chi connectivity index (χ3v) is 4.80. The molecule has 2 aromatic rings. The van der Waals surface area contributed by atoms with E-state index in [4.69, 9.17) is 9.05 Å². The van der Waals surface area contributed by atoms with Crippen molar-refractivity contribution in [3.05, 3.63) is 59.7 Å². The highest BCUT2D eigenvalue weighted by Crippen LogP contribution is 2.41. The van der Waals surface area contributed by atoms with Crippen molar-refractivity contribution in [2.24, 2.45) is 5.92 Å². The molecule has 0 saturated heterocycles. The van der Waals surface area contributed by atoms with Crippen LogP contribution >= 0.6 is 25.4 Å². The summed E-state index contributed by atoms with van der Waals surface area (Å²) in [6, 6.07) is 16.3. The van der Waals surface area contributed by atoms with Crippen molar-refractivity contribution >= 4 is 25.4 Å². The molecule has 0 unspecified atom stereocenters. The van der Waals surface area contributed by atoms with Crippen molar-refractivity contribution in [3.8, 4) is 11.5 Å². The summed E-state index contributed by atoms with van der Waals surface area (Å²) in [5.74, 6) is 2.41. The lowest BCUT2D eigenvalue weighted by atomic mass is 10.2. The van der Waals surface area contributed by atoms with E-state index >= 15 is 0 Å². The molecule has 126 valence electrons. The van der Waals surface area contributed by atoms with Gasteiger partial charge in [0.25, 0.3) is 8.38 Å². The highest BCUT2D eigenvalue weighted by molar-refractivity contribution is 8.93. The molecular weight excluding hydrogens is 371 g/mol. The molecule has 0 aliphatic carbocycles. The molecule has 0 saturated carbocycles. The highest BCUT2D eigenvalue weighted by Gasteiger charge is 2.15. The summed E-state index contributed by atoms with van der Waals surface area (Å²) in [6.45, 7) is 8.61. The zero-order chi connectivity index (χ0) is 15.9. The molecule has 0 aliphatic heterocycles. The van der Waals surface area contributed by atoms with Crippen LogP contribution in [0, 0.1) is 19.8 Å². The highest BCUT2D eigenvalue weighted by atomic mass is 79.9. The van der Waals surface area contributed by atoms with Gasteiger partial charge in [-0.1, -0.05) is 49.2 Å². The van der Waals surface area contributed by atoms with Crippen LogP contribution < -0.4 is 9.05 Å². The molecule has 0 spiro atoms. The molecular formula is C19H26BrO2P. The smallest absolute Gasteiger partial charge is 0.290 e. The fourth-order valence-electron chi connectivity index (χ4n) is 1.91. The zero-order valence-electron chi connectivity index (χ0n) is 14.3. The van der Waals surface area contributed by atoms with Crippen molar-refractivity contribution in [1.29, 1.82) is 0 Å². The van der Waals surface area contributed by atoms with Crippen molar-refractivity contribution in [1.82, 2.24) is 0 Å². The Morgan fingerprint density at radius 3 is 1.52 bits per heavy atom. The van der Waals surface area contributed by atoms with Crippen molar-refractivity contribution in [2.45, 2.75) is 34.1 Å². The third-order valence-electron chi connectivity index (χ3n) is 3.35. The van der Waals surface area contributed by atoms with Gasteiger partial charge >= 0.3 is 0 Å². The molecule has 0 N–H and O–H groups in total. The van der Waals surface area contributed by atoms with Crippen LogP contribution in [0.2, 0.25) is 0 Å². The van der Waals surface area contributed by atoms with Crippen LogP contribution in [0.1, 0.15) is 31.4 Å². The molecule has 0 radical (unpaired) electrons. The Balaban J connectivity index is 0.00000264. The zero-order valence-corrected chi connectivity index (χ0v) is 16.9. The second-order valence-corrected chi connectivity index (χ2v) is 7.53. The van der Waals surface area contributed by atoms with Gasteiger partial charge in [0, 0.05) is 6.16 Å². The largest absolute Gasteiger partial charge is 0.439 e. The summed E-state index contributed by atoms with van der Waals surface area (Å²) in [6.07, 6.45) is 2.04.